The smallest absolute Gasteiger partial charge is 0.312 e. The van der Waals surface area contributed by atoms with E-state index in [1.807, 2.05) is 19.1 Å². The third-order valence-electron chi connectivity index (χ3n) is 2.54. The van der Waals surface area contributed by atoms with Crippen LogP contribution in [0, 0.1) is 0 Å². The number of hydrogen-bond donors (Lipinski definition) is 0. The summed E-state index contributed by atoms with van der Waals surface area (Å²) >= 11 is 0. The Kier molecular flexibility index (Phi) is 4.82. The van der Waals surface area contributed by atoms with Crippen LogP contribution < -0.4 is 9.47 Å². The average Bonchev–Trinajstić information content (AvgIpc) is 2.37. The minimum atomic E-state index is -0.315. The van der Waals surface area contributed by atoms with Crippen molar-refractivity contribution in [3.63, 3.8) is 0 Å². The molecule has 0 aliphatic heterocycles. The molecule has 0 saturated heterocycles. The third-order valence-corrected chi connectivity index (χ3v) is 2.54. The van der Waals surface area contributed by atoms with Crippen LogP contribution in [0.5, 0.6) is 11.5 Å². The van der Waals surface area contributed by atoms with Crippen LogP contribution in [0.1, 0.15) is 25.3 Å². The molecule has 0 heterocycles. The van der Waals surface area contributed by atoms with Crippen LogP contribution in [0.3, 0.4) is 0 Å². The van der Waals surface area contributed by atoms with Crippen molar-refractivity contribution in [2.24, 2.45) is 0 Å². The summed E-state index contributed by atoms with van der Waals surface area (Å²) in [6, 6.07) is 5.44. The Hall–Kier alpha value is -1.71. The van der Waals surface area contributed by atoms with E-state index in [0.717, 1.165) is 5.56 Å². The van der Waals surface area contributed by atoms with E-state index < -0.39 is 0 Å². The van der Waals surface area contributed by atoms with Gasteiger partial charge in [0.1, 0.15) is 0 Å². The molecule has 0 aliphatic rings. The third kappa shape index (κ3) is 3.12. The molecule has 0 aromatic heterocycles. The second-order valence-electron chi connectivity index (χ2n) is 3.59. The fourth-order valence-electron chi connectivity index (χ4n) is 1.54. The lowest BCUT2D eigenvalue weighted by molar-refractivity contribution is -0.141. The Bertz CT molecular complexity index is 387. The van der Waals surface area contributed by atoms with Crippen molar-refractivity contribution in [2.45, 2.75) is 19.8 Å². The molecule has 0 fully saturated rings. The number of carbonyl (C=O) groups is 1. The summed E-state index contributed by atoms with van der Waals surface area (Å²) in [5.41, 5.74) is 0.848. The van der Waals surface area contributed by atoms with Crippen LogP contribution in [0.4, 0.5) is 0 Å². The SMILES string of the molecule is CCOc1cc(C(C)C(=O)OC)ccc1OC. The van der Waals surface area contributed by atoms with Gasteiger partial charge >= 0.3 is 5.97 Å². The highest BCUT2D eigenvalue weighted by Gasteiger charge is 2.17. The standard InChI is InChI=1S/C13H18O4/c1-5-17-12-8-10(6-7-11(12)15-3)9(2)13(14)16-4/h6-9H,5H2,1-4H3. The lowest BCUT2D eigenvalue weighted by atomic mass is 10.0. The summed E-state index contributed by atoms with van der Waals surface area (Å²) in [7, 11) is 2.97. The molecule has 0 saturated carbocycles. The highest BCUT2D eigenvalue weighted by atomic mass is 16.5. The van der Waals surface area contributed by atoms with Crippen molar-refractivity contribution in [1.82, 2.24) is 0 Å². The molecular weight excluding hydrogens is 220 g/mol. The van der Waals surface area contributed by atoms with Gasteiger partial charge in [-0.15, -0.1) is 0 Å². The average molecular weight is 238 g/mol. The van der Waals surface area contributed by atoms with Gasteiger partial charge in [-0.25, -0.2) is 0 Å². The van der Waals surface area contributed by atoms with E-state index in [4.69, 9.17) is 14.2 Å². The highest BCUT2D eigenvalue weighted by molar-refractivity contribution is 5.77. The minimum Gasteiger partial charge on any atom is -0.493 e. The van der Waals surface area contributed by atoms with Gasteiger partial charge in [0.2, 0.25) is 0 Å². The van der Waals surface area contributed by atoms with Gasteiger partial charge in [-0.05, 0) is 31.5 Å². The Morgan fingerprint density at radius 3 is 2.53 bits per heavy atom. The van der Waals surface area contributed by atoms with Crippen molar-refractivity contribution >= 4 is 5.97 Å². The molecule has 1 rings (SSSR count). The maximum absolute atomic E-state index is 11.4. The van der Waals surface area contributed by atoms with Crippen molar-refractivity contribution in [1.29, 1.82) is 0 Å². The number of benzene rings is 1. The summed E-state index contributed by atoms with van der Waals surface area (Å²) in [4.78, 5) is 11.4. The predicted octanol–water partition coefficient (Wildman–Crippen LogP) is 2.37. The van der Waals surface area contributed by atoms with Gasteiger partial charge in [0, 0.05) is 0 Å². The van der Waals surface area contributed by atoms with E-state index in [0.29, 0.717) is 18.1 Å². The molecule has 94 valence electrons. The van der Waals surface area contributed by atoms with E-state index in [1.54, 1.807) is 20.1 Å². The number of ether oxygens (including phenoxy) is 3. The molecule has 0 aliphatic carbocycles. The van der Waals surface area contributed by atoms with Crippen LogP contribution in [0.25, 0.3) is 0 Å². The monoisotopic (exact) mass is 238 g/mol. The molecule has 1 unspecified atom stereocenters. The molecule has 0 N–H and O–H groups in total. The second-order valence-corrected chi connectivity index (χ2v) is 3.59. The van der Waals surface area contributed by atoms with Gasteiger partial charge in [-0.2, -0.15) is 0 Å². The molecule has 1 aromatic rings. The first kappa shape index (κ1) is 13.4. The molecule has 0 amide bonds. The van der Waals surface area contributed by atoms with Gasteiger partial charge in [0.05, 0.1) is 26.7 Å². The summed E-state index contributed by atoms with van der Waals surface area (Å²) in [6.45, 7) is 4.24. The first-order valence-electron chi connectivity index (χ1n) is 5.52. The lowest BCUT2D eigenvalue weighted by Gasteiger charge is -2.14. The number of rotatable bonds is 5. The minimum absolute atomic E-state index is 0.266. The zero-order valence-electron chi connectivity index (χ0n) is 10.6. The Morgan fingerprint density at radius 2 is 2.00 bits per heavy atom. The van der Waals surface area contributed by atoms with Crippen LogP contribution >= 0.6 is 0 Å². The zero-order chi connectivity index (χ0) is 12.8. The molecule has 0 bridgehead atoms. The lowest BCUT2D eigenvalue weighted by Crippen LogP contribution is -2.11. The summed E-state index contributed by atoms with van der Waals surface area (Å²) in [5.74, 6) is 0.721. The van der Waals surface area contributed by atoms with Gasteiger partial charge in [0.15, 0.2) is 11.5 Å². The fraction of sp³-hybridized carbons (Fsp3) is 0.462. The number of esters is 1. The van der Waals surface area contributed by atoms with Gasteiger partial charge in [-0.1, -0.05) is 6.07 Å². The van der Waals surface area contributed by atoms with Crippen LogP contribution in [-0.2, 0) is 9.53 Å². The Balaban J connectivity index is 3.02. The van der Waals surface area contributed by atoms with Crippen LogP contribution in [0.2, 0.25) is 0 Å². The van der Waals surface area contributed by atoms with Crippen LogP contribution in [-0.4, -0.2) is 26.8 Å². The molecule has 4 nitrogen and oxygen atoms in total. The van der Waals surface area contributed by atoms with Gasteiger partial charge in [-0.3, -0.25) is 4.79 Å². The Labute approximate surface area is 101 Å². The number of methoxy groups -OCH3 is 2. The molecular formula is C13H18O4. The molecule has 0 spiro atoms. The normalized spacial score (nSPS) is 11.8. The van der Waals surface area contributed by atoms with Crippen molar-refractivity contribution < 1.29 is 19.0 Å². The quantitative estimate of drug-likeness (QED) is 0.739. The molecule has 1 atom stereocenters. The fourth-order valence-corrected chi connectivity index (χ4v) is 1.54. The highest BCUT2D eigenvalue weighted by Crippen LogP contribution is 2.31. The predicted molar refractivity (Wildman–Crippen MR) is 64.6 cm³/mol. The van der Waals surface area contributed by atoms with Crippen molar-refractivity contribution in [3.8, 4) is 11.5 Å². The van der Waals surface area contributed by atoms with Gasteiger partial charge in [0.25, 0.3) is 0 Å². The van der Waals surface area contributed by atoms with E-state index >= 15 is 0 Å². The molecule has 1 aromatic carbocycles. The van der Waals surface area contributed by atoms with Gasteiger partial charge < -0.3 is 14.2 Å². The Morgan fingerprint density at radius 1 is 1.29 bits per heavy atom. The van der Waals surface area contributed by atoms with Crippen molar-refractivity contribution in [2.75, 3.05) is 20.8 Å². The summed E-state index contributed by atoms with van der Waals surface area (Å²) < 4.78 is 15.3. The first-order chi connectivity index (χ1) is 8.13. The number of carbonyl (C=O) groups excluding carboxylic acids is 1. The molecule has 4 heteroatoms. The number of hydrogen-bond acceptors (Lipinski definition) is 4. The first-order valence-corrected chi connectivity index (χ1v) is 5.52. The second kappa shape index (κ2) is 6.13. The largest absolute Gasteiger partial charge is 0.493 e. The maximum atomic E-state index is 11.4. The summed E-state index contributed by atoms with van der Waals surface area (Å²) in [5, 5.41) is 0. The van der Waals surface area contributed by atoms with E-state index in [9.17, 15) is 4.79 Å². The van der Waals surface area contributed by atoms with E-state index in [1.165, 1.54) is 7.11 Å². The topological polar surface area (TPSA) is 44.8 Å². The zero-order valence-corrected chi connectivity index (χ0v) is 10.6. The molecule has 0 radical (unpaired) electrons. The maximum Gasteiger partial charge on any atom is 0.312 e. The summed E-state index contributed by atoms with van der Waals surface area (Å²) in [6.07, 6.45) is 0. The van der Waals surface area contributed by atoms with E-state index in [-0.39, 0.29) is 11.9 Å². The van der Waals surface area contributed by atoms with E-state index in [2.05, 4.69) is 0 Å². The van der Waals surface area contributed by atoms with Crippen LogP contribution in [0.15, 0.2) is 18.2 Å². The van der Waals surface area contributed by atoms with Crippen molar-refractivity contribution in [3.05, 3.63) is 23.8 Å². The molecule has 17 heavy (non-hydrogen) atoms.